The summed E-state index contributed by atoms with van der Waals surface area (Å²) in [5.74, 6) is -0.914. The molecule has 1 N–H and O–H groups in total. The van der Waals surface area contributed by atoms with E-state index in [4.69, 9.17) is 5.11 Å². The molecule has 0 aromatic heterocycles. The van der Waals surface area contributed by atoms with Gasteiger partial charge in [0.05, 0.1) is 0 Å². The van der Waals surface area contributed by atoms with E-state index < -0.39 is 12.1 Å². The number of ether oxygens (including phenoxy) is 1. The third-order valence-corrected chi connectivity index (χ3v) is 0.528. The fourth-order valence-corrected chi connectivity index (χ4v) is 0.166. The number of esters is 1. The number of rotatable bonds is 1. The van der Waals surface area contributed by atoms with Gasteiger partial charge in [-0.25, -0.2) is 9.59 Å². The topological polar surface area (TPSA) is 63.6 Å². The van der Waals surface area contributed by atoms with Crippen LogP contribution in [0.25, 0.3) is 0 Å². The number of hydrogen-bond donors (Lipinski definition) is 1. The summed E-state index contributed by atoms with van der Waals surface area (Å²) in [6.45, 7) is 4.54. The zero-order valence-corrected chi connectivity index (χ0v) is 7.79. The summed E-state index contributed by atoms with van der Waals surface area (Å²) in [5, 5.41) is 7.85. The van der Waals surface area contributed by atoms with Gasteiger partial charge in [0, 0.05) is 5.57 Å². The van der Waals surface area contributed by atoms with Crippen molar-refractivity contribution in [2.45, 2.75) is 6.92 Å². The van der Waals surface area contributed by atoms with Crippen molar-refractivity contribution in [3.05, 3.63) is 12.2 Å². The van der Waals surface area contributed by atoms with Gasteiger partial charge in [-0.2, -0.15) is 0 Å². The third kappa shape index (κ3) is 6.07. The van der Waals surface area contributed by atoms with E-state index in [1.807, 2.05) is 0 Å². The van der Waals surface area contributed by atoms with E-state index in [1.54, 1.807) is 0 Å². The van der Waals surface area contributed by atoms with E-state index in [0.717, 1.165) is 0 Å². The van der Waals surface area contributed by atoms with Crippen molar-refractivity contribution < 1.29 is 22.3 Å². The maximum atomic E-state index is 10.3. The fraction of sp³-hybridized carbons (Fsp3) is 0.200. The molecule has 0 unspecified atom stereocenters. The van der Waals surface area contributed by atoms with Crippen LogP contribution in [0, 0.1) is 0 Å². The Kier molecular flexibility index (Phi) is 7.19. The maximum absolute atomic E-state index is 10.3. The molecule has 4 nitrogen and oxygen atoms in total. The van der Waals surface area contributed by atoms with Gasteiger partial charge in [-0.1, -0.05) is 6.58 Å². The van der Waals surface area contributed by atoms with Gasteiger partial charge in [0.25, 0.3) is 0 Å². The van der Waals surface area contributed by atoms with E-state index in [0.29, 0.717) is 0 Å². The average molecular weight is 172 g/mol. The number of carbonyl (C=O) groups is 2. The first-order chi connectivity index (χ1) is 4.04. The van der Waals surface area contributed by atoms with Crippen molar-refractivity contribution in [3.8, 4) is 0 Å². The van der Waals surface area contributed by atoms with Crippen molar-refractivity contribution in [1.29, 1.82) is 0 Å². The molecule has 0 atom stereocenters. The van der Waals surface area contributed by atoms with Crippen LogP contribution < -0.4 is 0 Å². The van der Waals surface area contributed by atoms with E-state index in [-0.39, 0.29) is 46.2 Å². The smallest absolute Gasteiger partial charge is 1.00 e. The van der Waals surface area contributed by atoms with Gasteiger partial charge in [-0.15, -0.1) is 0 Å². The number of carbonyl (C=O) groups excluding carboxylic acids is 1. The molecule has 0 aliphatic heterocycles. The van der Waals surface area contributed by atoms with Crippen molar-refractivity contribution in [1.82, 2.24) is 0 Å². The molecule has 10 heavy (non-hydrogen) atoms. The maximum Gasteiger partial charge on any atom is 2.00 e. The van der Waals surface area contributed by atoms with Crippen LogP contribution in [0.15, 0.2) is 12.2 Å². The summed E-state index contributed by atoms with van der Waals surface area (Å²) in [6, 6.07) is 0. The summed E-state index contributed by atoms with van der Waals surface area (Å²) < 4.78 is 3.69. The summed E-state index contributed by atoms with van der Waals surface area (Å²) in [7, 11) is 0. The van der Waals surface area contributed by atoms with Crippen LogP contribution in [0.1, 0.15) is 9.78 Å². The molecule has 0 rings (SSSR count). The van der Waals surface area contributed by atoms with Crippen LogP contribution in [-0.4, -0.2) is 55.0 Å². The second kappa shape index (κ2) is 5.70. The third-order valence-electron chi connectivity index (χ3n) is 0.528. The zero-order valence-electron chi connectivity index (χ0n) is 7.59. The van der Waals surface area contributed by atoms with Crippen molar-refractivity contribution in [2.24, 2.45) is 0 Å². The second-order valence-corrected chi connectivity index (χ2v) is 1.44. The largest absolute Gasteiger partial charge is 2.00 e. The van der Waals surface area contributed by atoms with Crippen LogP contribution in [0.5, 0.6) is 0 Å². The molecule has 0 spiro atoms. The van der Waals surface area contributed by atoms with Gasteiger partial charge in [0.2, 0.25) is 0 Å². The SMILES string of the molecule is C=C(C)C(=O)OC(=O)O.[Ca+2].[H-].[H-]. The van der Waals surface area contributed by atoms with Crippen LogP contribution in [0.2, 0.25) is 0 Å². The molecule has 0 radical (unpaired) electrons. The molecule has 0 aromatic carbocycles. The first-order valence-electron chi connectivity index (χ1n) is 2.14. The van der Waals surface area contributed by atoms with Crippen LogP contribution in [-0.2, 0) is 9.53 Å². The Morgan fingerprint density at radius 3 is 2.10 bits per heavy atom. The first kappa shape index (κ1) is 12.6. The molecule has 5 heteroatoms. The van der Waals surface area contributed by atoms with Crippen LogP contribution in [0.4, 0.5) is 4.79 Å². The molecule has 0 amide bonds. The van der Waals surface area contributed by atoms with E-state index in [2.05, 4.69) is 11.3 Å². The van der Waals surface area contributed by atoms with Crippen molar-refractivity contribution in [2.75, 3.05) is 0 Å². The molecular weight excluding hydrogens is 164 g/mol. The zero-order chi connectivity index (χ0) is 7.44. The van der Waals surface area contributed by atoms with Gasteiger partial charge >= 0.3 is 49.9 Å². The van der Waals surface area contributed by atoms with E-state index in [1.165, 1.54) is 6.92 Å². The Balaban J connectivity index is -0.000000107. The molecule has 0 saturated carbocycles. The number of carboxylic acid groups (broad SMARTS) is 1. The molecule has 0 saturated heterocycles. The Morgan fingerprint density at radius 1 is 1.60 bits per heavy atom. The van der Waals surface area contributed by atoms with Crippen molar-refractivity contribution >= 4 is 49.9 Å². The predicted octanol–water partition coefficient (Wildman–Crippen LogP) is 0.628. The minimum atomic E-state index is -1.61. The van der Waals surface area contributed by atoms with Crippen LogP contribution >= 0.6 is 0 Å². The Morgan fingerprint density at radius 2 is 2.00 bits per heavy atom. The van der Waals surface area contributed by atoms with Crippen LogP contribution in [0.3, 0.4) is 0 Å². The van der Waals surface area contributed by atoms with E-state index >= 15 is 0 Å². The standard InChI is InChI=1S/C5H6O4.Ca.2H/c1-3(2)4(6)9-5(7)8;;;/h1H2,2H3,(H,7,8);;;/q;+2;2*-1. The first-order valence-corrected chi connectivity index (χ1v) is 2.14. The average Bonchev–Trinajstić information content (AvgIpc) is 1.63. The monoisotopic (exact) mass is 172 g/mol. The molecule has 0 fully saturated rings. The Bertz CT molecular complexity index is 171. The van der Waals surface area contributed by atoms with Gasteiger partial charge in [0.1, 0.15) is 0 Å². The van der Waals surface area contributed by atoms with Gasteiger partial charge in [0.15, 0.2) is 0 Å². The Labute approximate surface area is 90.8 Å². The van der Waals surface area contributed by atoms with Gasteiger partial charge < -0.3 is 12.7 Å². The summed E-state index contributed by atoms with van der Waals surface area (Å²) in [6.07, 6.45) is -1.61. The molecular formula is C5H8CaO4. The van der Waals surface area contributed by atoms with Gasteiger partial charge in [-0.3, -0.25) is 0 Å². The molecule has 0 aromatic rings. The molecule has 0 heterocycles. The minimum Gasteiger partial charge on any atom is -1.00 e. The molecule has 54 valence electrons. The molecule has 0 bridgehead atoms. The summed E-state index contributed by atoms with van der Waals surface area (Å²) >= 11 is 0. The number of hydrogen-bond acceptors (Lipinski definition) is 3. The van der Waals surface area contributed by atoms with Gasteiger partial charge in [-0.05, 0) is 6.92 Å². The quantitative estimate of drug-likeness (QED) is 0.272. The molecule has 0 aliphatic rings. The Hall–Kier alpha value is -0.0603. The van der Waals surface area contributed by atoms with E-state index in [9.17, 15) is 9.59 Å². The summed E-state index contributed by atoms with van der Waals surface area (Å²) in [5.41, 5.74) is 0.0670. The second-order valence-electron chi connectivity index (χ2n) is 1.44. The van der Waals surface area contributed by atoms with Crippen molar-refractivity contribution in [3.63, 3.8) is 0 Å². The predicted molar refractivity (Wildman–Crippen MR) is 36.9 cm³/mol. The molecule has 0 aliphatic carbocycles. The minimum absolute atomic E-state index is 0. The summed E-state index contributed by atoms with van der Waals surface area (Å²) in [4.78, 5) is 19.9. The normalized spacial score (nSPS) is 7.30. The fourth-order valence-electron chi connectivity index (χ4n) is 0.166.